The number of carboxylic acids is 1. The summed E-state index contributed by atoms with van der Waals surface area (Å²) in [5.74, 6) is -2.28. The van der Waals surface area contributed by atoms with Gasteiger partial charge in [0.1, 0.15) is 12.6 Å². The predicted octanol–water partition coefficient (Wildman–Crippen LogP) is 4.41. The summed E-state index contributed by atoms with van der Waals surface area (Å²) >= 11 is 0. The minimum Gasteiger partial charge on any atom is -0.481 e. The van der Waals surface area contributed by atoms with Gasteiger partial charge in [0.15, 0.2) is 0 Å². The third kappa shape index (κ3) is 6.77. The Morgan fingerprint density at radius 3 is 2.06 bits per heavy atom. The molecule has 35 heavy (non-hydrogen) atoms. The van der Waals surface area contributed by atoms with Crippen LogP contribution in [0.1, 0.15) is 43.7 Å². The standard InChI is InChI=1S/C26H30F2N2O5/c1-15(2)16(11-24(32)33)13-29-23(31)12-22(25(27)28)30-26(34)35-14-21-19-9-5-3-7-17(19)18-8-4-6-10-20(18)21/h3-10,15-16,21-22,25H,11-14H2,1-2H3,(H,29,31)(H,30,34)(H,32,33). The smallest absolute Gasteiger partial charge is 0.407 e. The number of alkyl halides is 2. The molecule has 0 saturated carbocycles. The number of carbonyl (C=O) groups is 3. The summed E-state index contributed by atoms with van der Waals surface area (Å²) in [6.07, 6.45) is -4.81. The van der Waals surface area contributed by atoms with Crippen LogP contribution >= 0.6 is 0 Å². The molecule has 2 atom stereocenters. The number of fused-ring (bicyclic) bond motifs is 3. The van der Waals surface area contributed by atoms with E-state index in [-0.39, 0.29) is 37.3 Å². The van der Waals surface area contributed by atoms with E-state index in [1.807, 2.05) is 62.4 Å². The topological polar surface area (TPSA) is 105 Å². The monoisotopic (exact) mass is 488 g/mol. The molecule has 2 aromatic rings. The average molecular weight is 489 g/mol. The number of hydrogen-bond donors (Lipinski definition) is 3. The fourth-order valence-electron chi connectivity index (χ4n) is 4.28. The van der Waals surface area contributed by atoms with Crippen LogP contribution in [0.3, 0.4) is 0 Å². The largest absolute Gasteiger partial charge is 0.481 e. The summed E-state index contributed by atoms with van der Waals surface area (Å²) in [5.41, 5.74) is 4.07. The highest BCUT2D eigenvalue weighted by atomic mass is 19.3. The Labute approximate surface area is 202 Å². The summed E-state index contributed by atoms with van der Waals surface area (Å²) < 4.78 is 32.3. The predicted molar refractivity (Wildman–Crippen MR) is 126 cm³/mol. The first kappa shape index (κ1) is 26.1. The Balaban J connectivity index is 1.55. The van der Waals surface area contributed by atoms with E-state index in [0.29, 0.717) is 0 Å². The van der Waals surface area contributed by atoms with Crippen molar-refractivity contribution in [3.8, 4) is 11.1 Å². The summed E-state index contributed by atoms with van der Waals surface area (Å²) in [6.45, 7) is 3.65. The molecule has 2 amide bonds. The second kappa shape index (κ2) is 11.8. The number of nitrogens with one attached hydrogen (secondary N) is 2. The van der Waals surface area contributed by atoms with E-state index in [1.54, 1.807) is 0 Å². The zero-order valence-corrected chi connectivity index (χ0v) is 19.7. The van der Waals surface area contributed by atoms with Gasteiger partial charge in [-0.3, -0.25) is 9.59 Å². The molecule has 1 aliphatic rings. The number of ether oxygens (including phenoxy) is 1. The highest BCUT2D eigenvalue weighted by Crippen LogP contribution is 2.44. The lowest BCUT2D eigenvalue weighted by Crippen LogP contribution is -2.44. The van der Waals surface area contributed by atoms with Crippen molar-refractivity contribution in [3.63, 3.8) is 0 Å². The van der Waals surface area contributed by atoms with Crippen LogP contribution in [0.25, 0.3) is 11.1 Å². The number of rotatable bonds is 11. The Bertz CT molecular complexity index is 1010. The number of carbonyl (C=O) groups excluding carboxylic acids is 2. The van der Waals surface area contributed by atoms with Crippen LogP contribution in [0.15, 0.2) is 48.5 Å². The highest BCUT2D eigenvalue weighted by Gasteiger charge is 2.31. The van der Waals surface area contributed by atoms with E-state index in [1.165, 1.54) is 0 Å². The average Bonchev–Trinajstić information content (AvgIpc) is 3.13. The van der Waals surface area contributed by atoms with Gasteiger partial charge >= 0.3 is 12.1 Å². The van der Waals surface area contributed by atoms with E-state index < -0.39 is 36.9 Å². The summed E-state index contributed by atoms with van der Waals surface area (Å²) in [7, 11) is 0. The van der Waals surface area contributed by atoms with Gasteiger partial charge in [-0.25, -0.2) is 13.6 Å². The maximum Gasteiger partial charge on any atom is 0.407 e. The molecular weight excluding hydrogens is 458 g/mol. The quantitative estimate of drug-likeness (QED) is 0.435. The van der Waals surface area contributed by atoms with Crippen LogP contribution in [-0.4, -0.2) is 48.7 Å². The van der Waals surface area contributed by atoms with Crippen LogP contribution in [0, 0.1) is 11.8 Å². The fourth-order valence-corrected chi connectivity index (χ4v) is 4.28. The summed E-state index contributed by atoms with van der Waals surface area (Å²) in [5, 5.41) is 13.6. The SMILES string of the molecule is CC(C)C(CNC(=O)CC(NC(=O)OCC1c2ccccc2-c2ccccc21)C(F)F)CC(=O)O. The molecule has 0 fully saturated rings. The van der Waals surface area contributed by atoms with Gasteiger partial charge in [-0.2, -0.15) is 0 Å². The fraction of sp³-hybridized carbons (Fsp3) is 0.423. The van der Waals surface area contributed by atoms with Gasteiger partial charge in [-0.15, -0.1) is 0 Å². The molecule has 0 saturated heterocycles. The van der Waals surface area contributed by atoms with Crippen molar-refractivity contribution >= 4 is 18.0 Å². The molecule has 188 valence electrons. The second-order valence-corrected chi connectivity index (χ2v) is 9.02. The van der Waals surface area contributed by atoms with Gasteiger partial charge in [-0.05, 0) is 34.1 Å². The molecule has 9 heteroatoms. The molecule has 3 rings (SSSR count). The van der Waals surface area contributed by atoms with Crippen LogP contribution < -0.4 is 10.6 Å². The van der Waals surface area contributed by atoms with Crippen molar-refractivity contribution in [2.24, 2.45) is 11.8 Å². The van der Waals surface area contributed by atoms with Crippen LogP contribution in [0.2, 0.25) is 0 Å². The number of halogens is 2. The molecule has 2 aromatic carbocycles. The van der Waals surface area contributed by atoms with Gasteiger partial charge in [0.25, 0.3) is 6.43 Å². The molecule has 0 aliphatic heterocycles. The number of amides is 2. The third-order valence-corrected chi connectivity index (χ3v) is 6.30. The molecule has 0 heterocycles. The van der Waals surface area contributed by atoms with Crippen LogP contribution in [-0.2, 0) is 14.3 Å². The first-order chi connectivity index (χ1) is 16.7. The van der Waals surface area contributed by atoms with Crippen molar-refractivity contribution in [3.05, 3.63) is 59.7 Å². The summed E-state index contributed by atoms with van der Waals surface area (Å²) in [4.78, 5) is 35.5. The normalized spacial score (nSPS) is 14.2. The first-order valence-corrected chi connectivity index (χ1v) is 11.6. The molecule has 2 unspecified atom stereocenters. The Hall–Kier alpha value is -3.49. The number of carboxylic acid groups (broad SMARTS) is 1. The summed E-state index contributed by atoms with van der Waals surface area (Å²) in [6, 6.07) is 13.8. The maximum absolute atomic E-state index is 13.5. The van der Waals surface area contributed by atoms with Crippen molar-refractivity contribution in [2.75, 3.05) is 13.2 Å². The molecule has 1 aliphatic carbocycles. The first-order valence-electron chi connectivity index (χ1n) is 11.6. The second-order valence-electron chi connectivity index (χ2n) is 9.02. The molecule has 3 N–H and O–H groups in total. The third-order valence-electron chi connectivity index (χ3n) is 6.30. The molecule has 7 nitrogen and oxygen atoms in total. The van der Waals surface area contributed by atoms with Gasteiger partial charge in [-0.1, -0.05) is 62.4 Å². The number of alkyl carbamates (subject to hydrolysis) is 1. The van der Waals surface area contributed by atoms with E-state index >= 15 is 0 Å². The van der Waals surface area contributed by atoms with Gasteiger partial charge in [0, 0.05) is 12.5 Å². The lowest BCUT2D eigenvalue weighted by Gasteiger charge is -2.21. The zero-order chi connectivity index (χ0) is 25.5. The van der Waals surface area contributed by atoms with Crippen molar-refractivity contribution in [2.45, 2.75) is 45.1 Å². The van der Waals surface area contributed by atoms with Gasteiger partial charge in [0.05, 0.1) is 12.8 Å². The molecule has 0 spiro atoms. The highest BCUT2D eigenvalue weighted by molar-refractivity contribution is 5.79. The van der Waals surface area contributed by atoms with Gasteiger partial charge in [0.2, 0.25) is 5.91 Å². The van der Waals surface area contributed by atoms with Crippen molar-refractivity contribution in [1.82, 2.24) is 10.6 Å². The maximum atomic E-state index is 13.5. The van der Waals surface area contributed by atoms with E-state index in [9.17, 15) is 23.2 Å². The van der Waals surface area contributed by atoms with Crippen LogP contribution in [0.4, 0.5) is 13.6 Å². The minimum atomic E-state index is -2.99. The lowest BCUT2D eigenvalue weighted by atomic mass is 9.92. The Morgan fingerprint density at radius 1 is 0.971 bits per heavy atom. The van der Waals surface area contributed by atoms with Gasteiger partial charge < -0.3 is 20.5 Å². The van der Waals surface area contributed by atoms with E-state index in [0.717, 1.165) is 22.3 Å². The number of benzene rings is 2. The zero-order valence-electron chi connectivity index (χ0n) is 19.7. The molecular formula is C26H30F2N2O5. The van der Waals surface area contributed by atoms with Crippen molar-refractivity contribution in [1.29, 1.82) is 0 Å². The number of hydrogen-bond acceptors (Lipinski definition) is 4. The molecule has 0 radical (unpaired) electrons. The van der Waals surface area contributed by atoms with Crippen molar-refractivity contribution < 1.29 is 33.0 Å². The van der Waals surface area contributed by atoms with E-state index in [4.69, 9.17) is 9.84 Å². The number of aliphatic carboxylic acids is 1. The minimum absolute atomic E-state index is 0.0174. The molecule has 0 aromatic heterocycles. The Kier molecular flexibility index (Phi) is 8.78. The molecule has 0 bridgehead atoms. The lowest BCUT2D eigenvalue weighted by molar-refractivity contribution is -0.138. The van der Waals surface area contributed by atoms with E-state index in [2.05, 4.69) is 10.6 Å². The van der Waals surface area contributed by atoms with Crippen LogP contribution in [0.5, 0.6) is 0 Å². The Morgan fingerprint density at radius 2 is 1.54 bits per heavy atom.